The lowest BCUT2D eigenvalue weighted by molar-refractivity contribution is -0.137. The standard InChI is InChI=1S/C14H26N2O3/c1-3-19-14(17)7-5-9-16(10-11-18-2)12-13-6-4-8-15-13/h5,7,13,15H,3-4,6,8-12H2,1-2H3/b7-5+. The lowest BCUT2D eigenvalue weighted by atomic mass is 10.2. The summed E-state index contributed by atoms with van der Waals surface area (Å²) >= 11 is 0. The van der Waals surface area contributed by atoms with Crippen molar-refractivity contribution in [2.75, 3.05) is 46.5 Å². The van der Waals surface area contributed by atoms with Crippen molar-refractivity contribution in [3.63, 3.8) is 0 Å². The predicted molar refractivity (Wildman–Crippen MR) is 75.1 cm³/mol. The Bertz CT molecular complexity index is 276. The van der Waals surface area contributed by atoms with Gasteiger partial charge in [-0.25, -0.2) is 4.79 Å². The molecule has 110 valence electrons. The van der Waals surface area contributed by atoms with E-state index in [2.05, 4.69) is 10.2 Å². The molecule has 19 heavy (non-hydrogen) atoms. The number of hydrogen-bond donors (Lipinski definition) is 1. The molecule has 1 fully saturated rings. The lowest BCUT2D eigenvalue weighted by Gasteiger charge is -2.24. The minimum Gasteiger partial charge on any atom is -0.463 e. The molecule has 0 aromatic heterocycles. The highest BCUT2D eigenvalue weighted by atomic mass is 16.5. The molecule has 0 aromatic carbocycles. The van der Waals surface area contributed by atoms with Gasteiger partial charge in [-0.2, -0.15) is 0 Å². The van der Waals surface area contributed by atoms with Gasteiger partial charge < -0.3 is 14.8 Å². The van der Waals surface area contributed by atoms with Gasteiger partial charge >= 0.3 is 5.97 Å². The maximum atomic E-state index is 11.2. The van der Waals surface area contributed by atoms with Crippen molar-refractivity contribution in [1.82, 2.24) is 10.2 Å². The van der Waals surface area contributed by atoms with Gasteiger partial charge in [0, 0.05) is 38.9 Å². The number of methoxy groups -OCH3 is 1. The third-order valence-corrected chi connectivity index (χ3v) is 3.16. The Morgan fingerprint density at radius 1 is 1.53 bits per heavy atom. The number of esters is 1. The molecule has 1 unspecified atom stereocenters. The van der Waals surface area contributed by atoms with Crippen LogP contribution in [-0.2, 0) is 14.3 Å². The molecule has 0 saturated carbocycles. The van der Waals surface area contributed by atoms with E-state index in [1.165, 1.54) is 18.9 Å². The second kappa shape index (κ2) is 9.95. The highest BCUT2D eigenvalue weighted by Crippen LogP contribution is 2.07. The number of carbonyl (C=O) groups is 1. The molecule has 1 saturated heterocycles. The minimum absolute atomic E-state index is 0.270. The van der Waals surface area contributed by atoms with E-state index in [-0.39, 0.29) is 5.97 Å². The zero-order valence-corrected chi connectivity index (χ0v) is 12.1. The molecule has 0 amide bonds. The van der Waals surface area contributed by atoms with Gasteiger partial charge in [0.05, 0.1) is 13.2 Å². The van der Waals surface area contributed by atoms with Crippen LogP contribution in [0, 0.1) is 0 Å². The third-order valence-electron chi connectivity index (χ3n) is 3.16. The molecular weight excluding hydrogens is 244 g/mol. The Hall–Kier alpha value is -0.910. The van der Waals surface area contributed by atoms with Gasteiger partial charge in [-0.3, -0.25) is 4.90 Å². The Kier molecular flexibility index (Phi) is 8.45. The van der Waals surface area contributed by atoms with E-state index >= 15 is 0 Å². The van der Waals surface area contributed by atoms with E-state index in [4.69, 9.17) is 9.47 Å². The van der Waals surface area contributed by atoms with Crippen molar-refractivity contribution < 1.29 is 14.3 Å². The first-order valence-corrected chi connectivity index (χ1v) is 7.04. The van der Waals surface area contributed by atoms with E-state index < -0.39 is 0 Å². The molecule has 1 atom stereocenters. The number of hydrogen-bond acceptors (Lipinski definition) is 5. The summed E-state index contributed by atoms with van der Waals surface area (Å²) in [5.41, 5.74) is 0. The summed E-state index contributed by atoms with van der Waals surface area (Å²) in [6, 6.07) is 0.563. The van der Waals surface area contributed by atoms with Crippen molar-refractivity contribution in [1.29, 1.82) is 0 Å². The van der Waals surface area contributed by atoms with Gasteiger partial charge in [-0.15, -0.1) is 0 Å². The average molecular weight is 270 g/mol. The molecule has 0 aliphatic carbocycles. The Labute approximate surface area is 115 Å². The topological polar surface area (TPSA) is 50.8 Å². The molecule has 1 rings (SSSR count). The minimum atomic E-state index is -0.270. The van der Waals surface area contributed by atoms with E-state index in [1.54, 1.807) is 7.11 Å². The molecule has 5 nitrogen and oxygen atoms in total. The van der Waals surface area contributed by atoms with Crippen molar-refractivity contribution >= 4 is 5.97 Å². The first-order valence-electron chi connectivity index (χ1n) is 7.04. The monoisotopic (exact) mass is 270 g/mol. The zero-order valence-electron chi connectivity index (χ0n) is 12.1. The van der Waals surface area contributed by atoms with E-state index in [1.807, 2.05) is 13.0 Å². The number of nitrogens with one attached hydrogen (secondary N) is 1. The molecule has 0 radical (unpaired) electrons. The SMILES string of the molecule is CCOC(=O)/C=C/CN(CCOC)CC1CCCN1. The Balaban J connectivity index is 2.32. The van der Waals surface area contributed by atoms with Gasteiger partial charge in [0.1, 0.15) is 0 Å². The van der Waals surface area contributed by atoms with Crippen molar-refractivity contribution in [2.24, 2.45) is 0 Å². The largest absolute Gasteiger partial charge is 0.463 e. The maximum Gasteiger partial charge on any atom is 0.330 e. The first-order chi connectivity index (χ1) is 9.26. The maximum absolute atomic E-state index is 11.2. The zero-order chi connectivity index (χ0) is 13.9. The van der Waals surface area contributed by atoms with E-state index in [9.17, 15) is 4.79 Å². The van der Waals surface area contributed by atoms with Crippen molar-refractivity contribution in [3.8, 4) is 0 Å². The van der Waals surface area contributed by atoms with Crippen LogP contribution < -0.4 is 5.32 Å². The Morgan fingerprint density at radius 2 is 2.37 bits per heavy atom. The molecule has 0 aromatic rings. The van der Waals surface area contributed by atoms with Crippen LogP contribution in [-0.4, -0.2) is 63.4 Å². The Morgan fingerprint density at radius 3 is 3.00 bits per heavy atom. The highest BCUT2D eigenvalue weighted by molar-refractivity contribution is 5.81. The van der Waals surface area contributed by atoms with E-state index in [0.717, 1.165) is 26.2 Å². The fourth-order valence-electron chi connectivity index (χ4n) is 2.19. The van der Waals surface area contributed by atoms with Gasteiger partial charge in [0.15, 0.2) is 0 Å². The lowest BCUT2D eigenvalue weighted by Crippen LogP contribution is -2.39. The summed E-state index contributed by atoms with van der Waals surface area (Å²) in [4.78, 5) is 13.5. The molecule has 1 heterocycles. The molecule has 0 bridgehead atoms. The van der Waals surface area contributed by atoms with Crippen LogP contribution in [0.3, 0.4) is 0 Å². The van der Waals surface area contributed by atoms with Gasteiger partial charge in [-0.05, 0) is 26.3 Å². The molecule has 0 spiro atoms. The molecular formula is C14H26N2O3. The molecule has 1 aliphatic heterocycles. The van der Waals surface area contributed by atoms with Crippen molar-refractivity contribution in [2.45, 2.75) is 25.8 Å². The number of rotatable bonds is 9. The summed E-state index contributed by atoms with van der Waals surface area (Å²) in [6.07, 6.45) is 5.85. The first kappa shape index (κ1) is 16.1. The van der Waals surface area contributed by atoms with Crippen LogP contribution in [0.2, 0.25) is 0 Å². The number of carbonyl (C=O) groups excluding carboxylic acids is 1. The van der Waals surface area contributed by atoms with Gasteiger partial charge in [0.2, 0.25) is 0 Å². The summed E-state index contributed by atoms with van der Waals surface area (Å²) in [5, 5.41) is 3.48. The van der Waals surface area contributed by atoms with Crippen LogP contribution in [0.1, 0.15) is 19.8 Å². The normalized spacial score (nSPS) is 19.4. The predicted octanol–water partition coefficient (Wildman–Crippen LogP) is 0.806. The fourth-order valence-corrected chi connectivity index (χ4v) is 2.19. The van der Waals surface area contributed by atoms with Crippen molar-refractivity contribution in [3.05, 3.63) is 12.2 Å². The summed E-state index contributed by atoms with van der Waals surface area (Å²) in [6.45, 7) is 6.67. The van der Waals surface area contributed by atoms with Crippen LogP contribution in [0.4, 0.5) is 0 Å². The number of ether oxygens (including phenoxy) is 2. The summed E-state index contributed by atoms with van der Waals surface area (Å²) in [5.74, 6) is -0.270. The van der Waals surface area contributed by atoms with Crippen LogP contribution in [0.5, 0.6) is 0 Å². The quantitative estimate of drug-likeness (QED) is 0.496. The third kappa shape index (κ3) is 7.30. The smallest absolute Gasteiger partial charge is 0.330 e. The molecule has 1 aliphatic rings. The summed E-state index contributed by atoms with van der Waals surface area (Å²) < 4.78 is 9.98. The van der Waals surface area contributed by atoms with E-state index in [0.29, 0.717) is 19.3 Å². The second-order valence-electron chi connectivity index (χ2n) is 4.70. The van der Waals surface area contributed by atoms with Crippen LogP contribution in [0.15, 0.2) is 12.2 Å². The highest BCUT2D eigenvalue weighted by Gasteiger charge is 2.17. The van der Waals surface area contributed by atoms with Gasteiger partial charge in [0.25, 0.3) is 0 Å². The molecule has 1 N–H and O–H groups in total. The van der Waals surface area contributed by atoms with Gasteiger partial charge in [-0.1, -0.05) is 6.08 Å². The fraction of sp³-hybridized carbons (Fsp3) is 0.786. The average Bonchev–Trinajstić information content (AvgIpc) is 2.89. The summed E-state index contributed by atoms with van der Waals surface area (Å²) in [7, 11) is 1.71. The van der Waals surface area contributed by atoms with Crippen LogP contribution in [0.25, 0.3) is 0 Å². The van der Waals surface area contributed by atoms with Crippen LogP contribution >= 0.6 is 0 Å². The molecule has 5 heteroatoms. The number of nitrogens with zero attached hydrogens (tertiary/aromatic N) is 1. The second-order valence-corrected chi connectivity index (χ2v) is 4.70.